The molecule has 1 saturated carbocycles. The molecule has 0 bridgehead atoms. The summed E-state index contributed by atoms with van der Waals surface area (Å²) in [7, 11) is 1.40. The van der Waals surface area contributed by atoms with Crippen LogP contribution in [0.25, 0.3) is 0 Å². The molecule has 2 atom stereocenters. The fourth-order valence-corrected chi connectivity index (χ4v) is 2.02. The highest BCUT2D eigenvalue weighted by Gasteiger charge is 2.50. The average Bonchev–Trinajstić information content (AvgIpc) is 2.09. The zero-order chi connectivity index (χ0) is 10.1. The van der Waals surface area contributed by atoms with Gasteiger partial charge in [0.1, 0.15) is 5.54 Å². The molecule has 76 valence electrons. The number of nitrogens with two attached hydrogens (primary N) is 1. The van der Waals surface area contributed by atoms with E-state index >= 15 is 0 Å². The summed E-state index contributed by atoms with van der Waals surface area (Å²) >= 11 is 0. The van der Waals surface area contributed by atoms with Gasteiger partial charge in [-0.05, 0) is 31.1 Å². The number of ether oxygens (including phenoxy) is 1. The van der Waals surface area contributed by atoms with E-state index in [2.05, 4.69) is 13.8 Å². The van der Waals surface area contributed by atoms with E-state index in [1.54, 1.807) is 0 Å². The minimum atomic E-state index is -0.682. The van der Waals surface area contributed by atoms with Crippen LogP contribution in [0.3, 0.4) is 0 Å². The Balaban J connectivity index is 2.55. The van der Waals surface area contributed by atoms with E-state index in [1.807, 2.05) is 0 Å². The SMILES string of the molecule is COC(=O)[C@]1(N)CC[C@@H]1CC(C)C. The Labute approximate surface area is 79.6 Å². The lowest BCUT2D eigenvalue weighted by Gasteiger charge is -2.44. The Kier molecular flexibility index (Phi) is 2.96. The molecule has 1 fully saturated rings. The normalized spacial score (nSPS) is 32.8. The van der Waals surface area contributed by atoms with Crippen molar-refractivity contribution in [3.8, 4) is 0 Å². The van der Waals surface area contributed by atoms with Gasteiger partial charge < -0.3 is 10.5 Å². The Morgan fingerprint density at radius 1 is 1.69 bits per heavy atom. The van der Waals surface area contributed by atoms with E-state index in [0.29, 0.717) is 11.8 Å². The van der Waals surface area contributed by atoms with Gasteiger partial charge in [0.2, 0.25) is 0 Å². The van der Waals surface area contributed by atoms with Crippen LogP contribution >= 0.6 is 0 Å². The molecule has 0 unspecified atom stereocenters. The van der Waals surface area contributed by atoms with Crippen molar-refractivity contribution in [2.24, 2.45) is 17.6 Å². The summed E-state index contributed by atoms with van der Waals surface area (Å²) in [5, 5.41) is 0. The van der Waals surface area contributed by atoms with E-state index < -0.39 is 5.54 Å². The molecule has 0 aliphatic heterocycles. The summed E-state index contributed by atoms with van der Waals surface area (Å²) in [5.74, 6) is 0.669. The van der Waals surface area contributed by atoms with Crippen LogP contribution in [-0.4, -0.2) is 18.6 Å². The van der Waals surface area contributed by atoms with Gasteiger partial charge in [0.05, 0.1) is 7.11 Å². The lowest BCUT2D eigenvalue weighted by atomic mass is 9.64. The third-order valence-electron chi connectivity index (χ3n) is 2.96. The van der Waals surface area contributed by atoms with Crippen molar-refractivity contribution in [1.82, 2.24) is 0 Å². The zero-order valence-corrected chi connectivity index (χ0v) is 8.67. The van der Waals surface area contributed by atoms with Crippen molar-refractivity contribution in [2.45, 2.75) is 38.6 Å². The van der Waals surface area contributed by atoms with Crippen molar-refractivity contribution < 1.29 is 9.53 Å². The number of hydrogen-bond donors (Lipinski definition) is 1. The Hall–Kier alpha value is -0.570. The molecule has 1 aliphatic carbocycles. The quantitative estimate of drug-likeness (QED) is 0.674. The molecule has 3 nitrogen and oxygen atoms in total. The number of rotatable bonds is 3. The second-order valence-electron chi connectivity index (χ2n) is 4.40. The van der Waals surface area contributed by atoms with Gasteiger partial charge in [-0.1, -0.05) is 13.8 Å². The molecule has 0 amide bonds. The minimum Gasteiger partial charge on any atom is -0.468 e. The standard InChI is InChI=1S/C10H19NO2/c1-7(2)6-8-4-5-10(8,11)9(12)13-3/h7-8H,4-6,11H2,1-3H3/t8-,10+/m1/s1. The van der Waals surface area contributed by atoms with Crippen LogP contribution in [0.1, 0.15) is 33.1 Å². The van der Waals surface area contributed by atoms with E-state index in [-0.39, 0.29) is 5.97 Å². The molecule has 13 heavy (non-hydrogen) atoms. The number of esters is 1. The molecule has 2 N–H and O–H groups in total. The molecule has 0 radical (unpaired) electrons. The maximum Gasteiger partial charge on any atom is 0.326 e. The number of methoxy groups -OCH3 is 1. The van der Waals surface area contributed by atoms with E-state index in [0.717, 1.165) is 19.3 Å². The molecule has 0 aromatic carbocycles. The first-order valence-corrected chi connectivity index (χ1v) is 4.88. The highest BCUT2D eigenvalue weighted by atomic mass is 16.5. The summed E-state index contributed by atoms with van der Waals surface area (Å²) in [5.41, 5.74) is 5.29. The van der Waals surface area contributed by atoms with Crippen LogP contribution in [0.15, 0.2) is 0 Å². The highest BCUT2D eigenvalue weighted by molar-refractivity contribution is 5.82. The van der Waals surface area contributed by atoms with E-state index in [4.69, 9.17) is 10.5 Å². The van der Waals surface area contributed by atoms with Crippen molar-refractivity contribution in [1.29, 1.82) is 0 Å². The maximum atomic E-state index is 11.4. The fourth-order valence-electron chi connectivity index (χ4n) is 2.02. The molecule has 1 rings (SSSR count). The van der Waals surface area contributed by atoms with Crippen molar-refractivity contribution in [3.63, 3.8) is 0 Å². The molecule has 3 heteroatoms. The summed E-state index contributed by atoms with van der Waals surface area (Å²) in [4.78, 5) is 11.4. The molecule has 0 aromatic heterocycles. The number of carbonyl (C=O) groups is 1. The lowest BCUT2D eigenvalue weighted by Crippen LogP contribution is -2.61. The Morgan fingerprint density at radius 3 is 2.62 bits per heavy atom. The lowest BCUT2D eigenvalue weighted by molar-refractivity contribution is -0.154. The summed E-state index contributed by atoms with van der Waals surface area (Å²) in [6, 6.07) is 0. The molecule has 0 heterocycles. The molecule has 0 aromatic rings. The van der Waals surface area contributed by atoms with Gasteiger partial charge in [-0.15, -0.1) is 0 Å². The fraction of sp³-hybridized carbons (Fsp3) is 0.900. The van der Waals surface area contributed by atoms with Gasteiger partial charge in [0, 0.05) is 0 Å². The maximum absolute atomic E-state index is 11.4. The first-order valence-electron chi connectivity index (χ1n) is 4.88. The van der Waals surface area contributed by atoms with Crippen LogP contribution in [-0.2, 0) is 9.53 Å². The second-order valence-corrected chi connectivity index (χ2v) is 4.40. The Bertz CT molecular complexity index is 203. The first-order chi connectivity index (χ1) is 6.00. The van der Waals surface area contributed by atoms with E-state index in [1.165, 1.54) is 7.11 Å². The monoisotopic (exact) mass is 185 g/mol. The number of hydrogen-bond acceptors (Lipinski definition) is 3. The molecular formula is C10H19NO2. The summed E-state index contributed by atoms with van der Waals surface area (Å²) in [6.07, 6.45) is 2.85. The summed E-state index contributed by atoms with van der Waals surface area (Å²) < 4.78 is 4.71. The average molecular weight is 185 g/mol. The second kappa shape index (κ2) is 3.66. The molecule has 1 aliphatic rings. The van der Waals surface area contributed by atoms with Crippen LogP contribution in [0.2, 0.25) is 0 Å². The third kappa shape index (κ3) is 1.85. The van der Waals surface area contributed by atoms with Gasteiger partial charge in [0.25, 0.3) is 0 Å². The first kappa shape index (κ1) is 10.5. The Morgan fingerprint density at radius 2 is 2.31 bits per heavy atom. The van der Waals surface area contributed by atoms with Gasteiger partial charge >= 0.3 is 5.97 Å². The minimum absolute atomic E-state index is 0.246. The highest BCUT2D eigenvalue weighted by Crippen LogP contribution is 2.41. The van der Waals surface area contributed by atoms with Crippen molar-refractivity contribution >= 4 is 5.97 Å². The van der Waals surface area contributed by atoms with Gasteiger partial charge in [-0.3, -0.25) is 4.79 Å². The molecule has 0 spiro atoms. The number of carbonyl (C=O) groups excluding carboxylic acids is 1. The molecule has 0 saturated heterocycles. The van der Waals surface area contributed by atoms with Gasteiger partial charge in [-0.25, -0.2) is 0 Å². The summed E-state index contributed by atoms with van der Waals surface area (Å²) in [6.45, 7) is 4.30. The topological polar surface area (TPSA) is 52.3 Å². The van der Waals surface area contributed by atoms with E-state index in [9.17, 15) is 4.79 Å². The third-order valence-corrected chi connectivity index (χ3v) is 2.96. The van der Waals surface area contributed by atoms with Crippen LogP contribution in [0.5, 0.6) is 0 Å². The largest absolute Gasteiger partial charge is 0.468 e. The van der Waals surface area contributed by atoms with Gasteiger partial charge in [0.15, 0.2) is 0 Å². The zero-order valence-electron chi connectivity index (χ0n) is 8.67. The van der Waals surface area contributed by atoms with Crippen LogP contribution in [0.4, 0.5) is 0 Å². The van der Waals surface area contributed by atoms with Crippen LogP contribution in [0, 0.1) is 11.8 Å². The smallest absolute Gasteiger partial charge is 0.326 e. The molecular weight excluding hydrogens is 166 g/mol. The predicted octanol–water partition coefficient (Wildman–Crippen LogP) is 1.31. The van der Waals surface area contributed by atoms with Crippen molar-refractivity contribution in [2.75, 3.05) is 7.11 Å². The van der Waals surface area contributed by atoms with Crippen LogP contribution < -0.4 is 5.73 Å². The predicted molar refractivity (Wildman–Crippen MR) is 51.1 cm³/mol. The van der Waals surface area contributed by atoms with Gasteiger partial charge in [-0.2, -0.15) is 0 Å². The van der Waals surface area contributed by atoms with Crippen molar-refractivity contribution in [3.05, 3.63) is 0 Å².